The van der Waals surface area contributed by atoms with Crippen LogP contribution < -0.4 is 10.5 Å². The lowest BCUT2D eigenvalue weighted by Gasteiger charge is -2.23. The number of benzene rings is 1. The van der Waals surface area contributed by atoms with Gasteiger partial charge in [-0.1, -0.05) is 17.3 Å². The summed E-state index contributed by atoms with van der Waals surface area (Å²) in [4.78, 5) is 11.2. The predicted octanol–water partition coefficient (Wildman–Crippen LogP) is 3.20. The van der Waals surface area contributed by atoms with Crippen LogP contribution in [0.4, 0.5) is 11.5 Å². The van der Waals surface area contributed by atoms with Gasteiger partial charge in [0.15, 0.2) is 0 Å². The second-order valence-electron chi connectivity index (χ2n) is 6.71. The summed E-state index contributed by atoms with van der Waals surface area (Å²) in [5.41, 5.74) is 2.06. The van der Waals surface area contributed by atoms with Gasteiger partial charge in [0.25, 0.3) is 0 Å². The van der Waals surface area contributed by atoms with Gasteiger partial charge in [0.2, 0.25) is 11.7 Å². The van der Waals surface area contributed by atoms with Crippen LogP contribution in [-0.2, 0) is 6.54 Å². The lowest BCUT2D eigenvalue weighted by atomic mass is 10.1. The Morgan fingerprint density at radius 3 is 2.79 bits per heavy atom. The van der Waals surface area contributed by atoms with E-state index in [4.69, 9.17) is 9.73 Å². The van der Waals surface area contributed by atoms with Crippen LogP contribution in [-0.4, -0.2) is 38.8 Å². The van der Waals surface area contributed by atoms with Crippen LogP contribution in [0.25, 0.3) is 11.4 Å². The van der Waals surface area contributed by atoms with Crippen molar-refractivity contribution >= 4 is 11.5 Å². The molecule has 1 saturated heterocycles. The van der Waals surface area contributed by atoms with E-state index in [0.29, 0.717) is 18.3 Å². The molecule has 0 radical (unpaired) electrons. The fourth-order valence-electron chi connectivity index (χ4n) is 3.42. The zero-order valence-corrected chi connectivity index (χ0v) is 15.4. The standard InChI is InChI=1S/C19H21N6O3/c1-20-17-9-6-14(11-21-17)18-22-19(28-23-18)16-3-2-10-24(16)12-13-4-7-15(8-5-13)25(26)27/h4-9,11,16,26H,2-3,10,12H2,1H3,(H,20,21)/q-1/t16-/m0/s1. The average molecular weight is 381 g/mol. The van der Waals surface area contributed by atoms with E-state index < -0.39 is 0 Å². The summed E-state index contributed by atoms with van der Waals surface area (Å²) in [5.74, 6) is 1.91. The Morgan fingerprint density at radius 1 is 1.29 bits per heavy atom. The maximum Gasteiger partial charge on any atom is 0.244 e. The second-order valence-corrected chi connectivity index (χ2v) is 6.71. The van der Waals surface area contributed by atoms with Gasteiger partial charge in [-0.05, 0) is 49.2 Å². The smallest absolute Gasteiger partial charge is 0.244 e. The van der Waals surface area contributed by atoms with Crippen LogP contribution in [0.5, 0.6) is 0 Å². The fraction of sp³-hybridized carbons (Fsp3) is 0.316. The highest BCUT2D eigenvalue weighted by molar-refractivity contribution is 5.55. The van der Waals surface area contributed by atoms with Crippen molar-refractivity contribution in [2.45, 2.75) is 25.4 Å². The van der Waals surface area contributed by atoms with E-state index in [2.05, 4.69) is 25.3 Å². The number of anilines is 2. The van der Waals surface area contributed by atoms with Gasteiger partial charge in [-0.2, -0.15) is 4.98 Å². The van der Waals surface area contributed by atoms with Gasteiger partial charge in [0.1, 0.15) is 5.82 Å². The third-order valence-corrected chi connectivity index (χ3v) is 4.91. The molecule has 4 rings (SSSR count). The molecular weight excluding hydrogens is 360 g/mol. The minimum atomic E-state index is -0.139. The van der Waals surface area contributed by atoms with E-state index in [-0.39, 0.29) is 17.0 Å². The molecule has 0 bridgehead atoms. The van der Waals surface area contributed by atoms with Gasteiger partial charge >= 0.3 is 0 Å². The molecule has 2 N–H and O–H groups in total. The topological polar surface area (TPSA) is 114 Å². The first-order valence-corrected chi connectivity index (χ1v) is 9.11. The van der Waals surface area contributed by atoms with Crippen LogP contribution in [0.2, 0.25) is 0 Å². The van der Waals surface area contributed by atoms with E-state index in [1.807, 2.05) is 31.3 Å². The molecule has 9 heteroatoms. The molecule has 146 valence electrons. The summed E-state index contributed by atoms with van der Waals surface area (Å²) >= 11 is 0. The largest absolute Gasteiger partial charge is 0.733 e. The second kappa shape index (κ2) is 7.93. The highest BCUT2D eigenvalue weighted by Gasteiger charge is 2.30. The molecule has 1 aliphatic rings. The molecule has 0 saturated carbocycles. The Balaban J connectivity index is 1.48. The van der Waals surface area contributed by atoms with E-state index >= 15 is 0 Å². The third kappa shape index (κ3) is 3.81. The van der Waals surface area contributed by atoms with Crippen LogP contribution in [0.15, 0.2) is 47.1 Å². The number of nitrogens with one attached hydrogen (secondary N) is 1. The number of hydrogen-bond donors (Lipinski definition) is 2. The first kappa shape index (κ1) is 18.4. The Labute approximate surface area is 162 Å². The summed E-state index contributed by atoms with van der Waals surface area (Å²) in [6.07, 6.45) is 3.71. The minimum Gasteiger partial charge on any atom is -0.733 e. The van der Waals surface area contributed by atoms with Crippen molar-refractivity contribution in [3.63, 3.8) is 0 Å². The molecule has 3 heterocycles. The van der Waals surface area contributed by atoms with Crippen molar-refractivity contribution < 1.29 is 9.73 Å². The Kier molecular flexibility index (Phi) is 5.20. The van der Waals surface area contributed by atoms with E-state index in [1.54, 1.807) is 18.3 Å². The van der Waals surface area contributed by atoms with Crippen LogP contribution in [0.3, 0.4) is 0 Å². The normalized spacial score (nSPS) is 17.0. The van der Waals surface area contributed by atoms with Crippen molar-refractivity contribution in [2.75, 3.05) is 24.1 Å². The van der Waals surface area contributed by atoms with Gasteiger partial charge in [-0.25, -0.2) is 4.98 Å². The fourth-order valence-corrected chi connectivity index (χ4v) is 3.42. The SMILES string of the molecule is CNc1ccc(-c2noc([C@@H]3CCCN3Cc3ccc(N([O-])O)cc3)n2)cn1. The maximum absolute atomic E-state index is 10.9. The quantitative estimate of drug-likeness (QED) is 0.621. The molecule has 28 heavy (non-hydrogen) atoms. The first-order chi connectivity index (χ1) is 13.6. The van der Waals surface area contributed by atoms with Crippen LogP contribution in [0, 0.1) is 5.21 Å². The number of aromatic nitrogens is 3. The molecule has 0 aliphatic carbocycles. The molecular formula is C19H21N6O3-. The molecule has 1 aromatic carbocycles. The van der Waals surface area contributed by atoms with E-state index in [1.165, 1.54) is 0 Å². The Bertz CT molecular complexity index is 910. The molecule has 1 aliphatic heterocycles. The summed E-state index contributed by atoms with van der Waals surface area (Å²) in [6.45, 7) is 1.63. The molecule has 2 aromatic heterocycles. The first-order valence-electron chi connectivity index (χ1n) is 9.11. The Hall–Kier alpha value is -3.01. The monoisotopic (exact) mass is 381 g/mol. The van der Waals surface area contributed by atoms with Gasteiger partial charge in [-0.3, -0.25) is 10.1 Å². The van der Waals surface area contributed by atoms with Crippen molar-refractivity contribution in [1.82, 2.24) is 20.0 Å². The zero-order valence-electron chi connectivity index (χ0n) is 15.4. The van der Waals surface area contributed by atoms with E-state index in [0.717, 1.165) is 36.3 Å². The van der Waals surface area contributed by atoms with Crippen LogP contribution in [0.1, 0.15) is 30.3 Å². The summed E-state index contributed by atoms with van der Waals surface area (Å²) in [7, 11) is 1.82. The maximum atomic E-state index is 10.9. The Morgan fingerprint density at radius 2 is 2.11 bits per heavy atom. The van der Waals surface area contributed by atoms with Crippen molar-refractivity contribution in [1.29, 1.82) is 0 Å². The molecule has 0 amide bonds. The summed E-state index contributed by atoms with van der Waals surface area (Å²) in [6, 6.07) is 10.7. The lowest BCUT2D eigenvalue weighted by molar-refractivity contribution is 0.201. The lowest BCUT2D eigenvalue weighted by Crippen LogP contribution is -2.23. The molecule has 1 atom stereocenters. The number of pyridine rings is 1. The highest BCUT2D eigenvalue weighted by atomic mass is 16.8. The molecule has 1 fully saturated rings. The predicted molar refractivity (Wildman–Crippen MR) is 104 cm³/mol. The van der Waals surface area contributed by atoms with Gasteiger partial charge in [-0.15, -0.1) is 0 Å². The minimum absolute atomic E-state index is 0.0549. The third-order valence-electron chi connectivity index (χ3n) is 4.91. The number of nitrogens with zero attached hydrogens (tertiary/aromatic N) is 5. The van der Waals surface area contributed by atoms with E-state index in [9.17, 15) is 5.21 Å². The number of rotatable bonds is 6. The van der Waals surface area contributed by atoms with Crippen molar-refractivity contribution in [3.05, 3.63) is 59.3 Å². The van der Waals surface area contributed by atoms with Crippen molar-refractivity contribution in [2.24, 2.45) is 0 Å². The summed E-state index contributed by atoms with van der Waals surface area (Å²) in [5, 5.41) is 26.8. The summed E-state index contributed by atoms with van der Waals surface area (Å²) < 4.78 is 5.55. The van der Waals surface area contributed by atoms with Gasteiger partial charge < -0.3 is 20.3 Å². The molecule has 3 aromatic rings. The highest BCUT2D eigenvalue weighted by Crippen LogP contribution is 2.33. The molecule has 9 nitrogen and oxygen atoms in total. The zero-order chi connectivity index (χ0) is 19.5. The number of likely N-dealkylation sites (tertiary alicyclic amines) is 1. The molecule has 0 unspecified atom stereocenters. The van der Waals surface area contributed by atoms with Gasteiger partial charge in [0, 0.05) is 25.4 Å². The molecule has 0 spiro atoms. The number of hydrogen-bond acceptors (Lipinski definition) is 9. The van der Waals surface area contributed by atoms with Crippen LogP contribution >= 0.6 is 0 Å². The van der Waals surface area contributed by atoms with Crippen molar-refractivity contribution in [3.8, 4) is 11.4 Å². The average Bonchev–Trinajstić information content (AvgIpc) is 3.38. The van der Waals surface area contributed by atoms with Gasteiger partial charge in [0.05, 0.1) is 11.7 Å².